The summed E-state index contributed by atoms with van der Waals surface area (Å²) in [5.41, 5.74) is 1.30. The maximum Gasteiger partial charge on any atom is 0.336 e. The molecule has 4 aromatic rings. The average Bonchev–Trinajstić information content (AvgIpc) is 3.28. The Morgan fingerprint density at radius 1 is 1.09 bits per heavy atom. The normalized spacial score (nSPS) is 10.7. The molecule has 4 rings (SSSR count). The van der Waals surface area contributed by atoms with E-state index in [0.29, 0.717) is 18.0 Å². The minimum Gasteiger partial charge on any atom is -0.460 e. The van der Waals surface area contributed by atoms with Gasteiger partial charge in [0, 0.05) is 30.5 Å². The van der Waals surface area contributed by atoms with Gasteiger partial charge >= 0.3 is 6.01 Å². The van der Waals surface area contributed by atoms with Crippen LogP contribution in [0.2, 0.25) is 0 Å². The summed E-state index contributed by atoms with van der Waals surface area (Å²) >= 11 is 0. The molecule has 0 spiro atoms. The molecule has 178 valence electrons. The topological polar surface area (TPSA) is 121 Å². The molecule has 0 radical (unpaired) electrons. The van der Waals surface area contributed by atoms with Crippen molar-refractivity contribution in [1.29, 1.82) is 0 Å². The van der Waals surface area contributed by atoms with Crippen molar-refractivity contribution in [2.24, 2.45) is 0 Å². The van der Waals surface area contributed by atoms with Gasteiger partial charge in [-0.05, 0) is 42.5 Å². The number of aromatic nitrogens is 3. The van der Waals surface area contributed by atoms with Gasteiger partial charge < -0.3 is 14.8 Å². The summed E-state index contributed by atoms with van der Waals surface area (Å²) in [6.07, 6.45) is 0. The zero-order valence-electron chi connectivity index (χ0n) is 18.6. The Morgan fingerprint density at radius 2 is 1.86 bits per heavy atom. The molecule has 0 aliphatic rings. The standard InChI is InChI=1S/C24H20FN5O5/c1-34-13-14-35-24-27-22(20-7-2-3-8-21(20)25)29(28-24)19-6-4-5-17(15-19)26-23(31)16-9-11-18(12-10-16)30(32)33/h2-12,15H,13-14H2,1H3,(H,26,31). The Bertz CT molecular complexity index is 1360. The molecule has 0 aliphatic heterocycles. The van der Waals surface area contributed by atoms with Crippen LogP contribution >= 0.6 is 0 Å². The Hall–Kier alpha value is -4.64. The van der Waals surface area contributed by atoms with Gasteiger partial charge in [-0.1, -0.05) is 18.2 Å². The Balaban J connectivity index is 1.64. The number of carbonyl (C=O) groups excluding carboxylic acids is 1. The van der Waals surface area contributed by atoms with Crippen molar-refractivity contribution in [3.8, 4) is 23.1 Å². The number of anilines is 1. The number of carbonyl (C=O) groups is 1. The summed E-state index contributed by atoms with van der Waals surface area (Å²) in [6, 6.07) is 18.2. The molecule has 1 N–H and O–H groups in total. The van der Waals surface area contributed by atoms with Crippen molar-refractivity contribution >= 4 is 17.3 Å². The summed E-state index contributed by atoms with van der Waals surface area (Å²) in [5, 5.41) is 17.9. The number of nitro groups is 1. The third kappa shape index (κ3) is 5.47. The number of methoxy groups -OCH3 is 1. The second-order valence-corrected chi connectivity index (χ2v) is 7.26. The molecule has 0 saturated carbocycles. The molecule has 0 atom stereocenters. The van der Waals surface area contributed by atoms with E-state index < -0.39 is 16.6 Å². The fourth-order valence-electron chi connectivity index (χ4n) is 3.22. The van der Waals surface area contributed by atoms with Crippen molar-refractivity contribution in [1.82, 2.24) is 14.8 Å². The van der Waals surface area contributed by atoms with Gasteiger partial charge in [0.1, 0.15) is 12.4 Å². The highest BCUT2D eigenvalue weighted by Crippen LogP contribution is 2.27. The van der Waals surface area contributed by atoms with E-state index in [1.165, 1.54) is 42.1 Å². The first-order valence-corrected chi connectivity index (χ1v) is 10.5. The van der Waals surface area contributed by atoms with Crippen LogP contribution in [-0.2, 0) is 4.74 Å². The molecule has 0 bridgehead atoms. The van der Waals surface area contributed by atoms with Crippen LogP contribution in [0.3, 0.4) is 0 Å². The Morgan fingerprint density at radius 3 is 2.57 bits per heavy atom. The first kappa shape index (κ1) is 23.5. The Labute approximate surface area is 199 Å². The molecule has 0 aliphatic carbocycles. The van der Waals surface area contributed by atoms with Crippen LogP contribution in [0.1, 0.15) is 10.4 Å². The van der Waals surface area contributed by atoms with Crippen LogP contribution in [0.15, 0.2) is 72.8 Å². The van der Waals surface area contributed by atoms with E-state index in [-0.39, 0.29) is 35.3 Å². The van der Waals surface area contributed by atoms with Gasteiger partial charge in [0.2, 0.25) is 0 Å². The smallest absolute Gasteiger partial charge is 0.336 e. The van der Waals surface area contributed by atoms with E-state index in [0.717, 1.165) is 0 Å². The van der Waals surface area contributed by atoms with Crippen molar-refractivity contribution < 1.29 is 23.6 Å². The maximum atomic E-state index is 14.6. The molecule has 3 aromatic carbocycles. The number of halogens is 1. The zero-order chi connectivity index (χ0) is 24.8. The monoisotopic (exact) mass is 477 g/mol. The highest BCUT2D eigenvalue weighted by atomic mass is 19.1. The maximum absolute atomic E-state index is 14.6. The number of amides is 1. The van der Waals surface area contributed by atoms with Crippen molar-refractivity contribution in [2.75, 3.05) is 25.6 Å². The van der Waals surface area contributed by atoms with E-state index >= 15 is 0 Å². The first-order valence-electron chi connectivity index (χ1n) is 10.5. The number of hydrogen-bond acceptors (Lipinski definition) is 7. The second-order valence-electron chi connectivity index (χ2n) is 7.26. The summed E-state index contributed by atoms with van der Waals surface area (Å²) in [5.74, 6) is -0.713. The van der Waals surface area contributed by atoms with Gasteiger partial charge in [0.15, 0.2) is 5.82 Å². The fraction of sp³-hybridized carbons (Fsp3) is 0.125. The van der Waals surface area contributed by atoms with Crippen LogP contribution < -0.4 is 10.1 Å². The lowest BCUT2D eigenvalue weighted by atomic mass is 10.2. The van der Waals surface area contributed by atoms with Gasteiger partial charge in [0.25, 0.3) is 11.6 Å². The predicted molar refractivity (Wildman–Crippen MR) is 125 cm³/mol. The quantitative estimate of drug-likeness (QED) is 0.217. The lowest BCUT2D eigenvalue weighted by Crippen LogP contribution is -2.12. The van der Waals surface area contributed by atoms with Crippen LogP contribution in [-0.4, -0.2) is 45.9 Å². The third-order valence-electron chi connectivity index (χ3n) is 4.91. The summed E-state index contributed by atoms with van der Waals surface area (Å²) in [7, 11) is 1.54. The minimum atomic E-state index is -0.538. The van der Waals surface area contributed by atoms with E-state index in [4.69, 9.17) is 9.47 Å². The van der Waals surface area contributed by atoms with Gasteiger partial charge in [-0.25, -0.2) is 9.07 Å². The number of benzene rings is 3. The minimum absolute atomic E-state index is 0.0422. The molecule has 0 saturated heterocycles. The molecule has 10 nitrogen and oxygen atoms in total. The van der Waals surface area contributed by atoms with Crippen LogP contribution in [0.4, 0.5) is 15.8 Å². The van der Waals surface area contributed by atoms with Crippen molar-refractivity contribution in [3.05, 3.63) is 94.3 Å². The van der Waals surface area contributed by atoms with Crippen LogP contribution in [0.25, 0.3) is 17.1 Å². The number of non-ortho nitro benzene ring substituents is 1. The van der Waals surface area contributed by atoms with Gasteiger partial charge in [-0.2, -0.15) is 4.98 Å². The number of nitro benzene ring substituents is 1. The van der Waals surface area contributed by atoms with Gasteiger partial charge in [-0.15, -0.1) is 5.10 Å². The molecule has 1 heterocycles. The molecule has 0 unspecified atom stereocenters. The number of hydrogen-bond donors (Lipinski definition) is 1. The predicted octanol–water partition coefficient (Wildman–Crippen LogP) is 4.26. The lowest BCUT2D eigenvalue weighted by Gasteiger charge is -2.10. The van der Waals surface area contributed by atoms with Crippen LogP contribution in [0.5, 0.6) is 6.01 Å². The highest BCUT2D eigenvalue weighted by molar-refractivity contribution is 6.04. The number of nitrogens with zero attached hydrogens (tertiary/aromatic N) is 4. The first-order chi connectivity index (χ1) is 17.0. The second kappa shape index (κ2) is 10.5. The van der Waals surface area contributed by atoms with Crippen molar-refractivity contribution in [2.45, 2.75) is 0 Å². The number of nitrogens with one attached hydrogen (secondary N) is 1. The number of ether oxygens (including phenoxy) is 2. The van der Waals surface area contributed by atoms with E-state index in [1.54, 1.807) is 42.5 Å². The number of rotatable bonds is 9. The van der Waals surface area contributed by atoms with Gasteiger partial charge in [-0.3, -0.25) is 14.9 Å². The molecular formula is C24H20FN5O5. The fourth-order valence-corrected chi connectivity index (χ4v) is 3.22. The average molecular weight is 477 g/mol. The molecule has 1 amide bonds. The van der Waals surface area contributed by atoms with E-state index in [1.807, 2.05) is 0 Å². The summed E-state index contributed by atoms with van der Waals surface area (Å²) < 4.78 is 26.5. The van der Waals surface area contributed by atoms with E-state index in [2.05, 4.69) is 15.4 Å². The van der Waals surface area contributed by atoms with Crippen molar-refractivity contribution in [3.63, 3.8) is 0 Å². The third-order valence-corrected chi connectivity index (χ3v) is 4.91. The largest absolute Gasteiger partial charge is 0.460 e. The zero-order valence-corrected chi connectivity index (χ0v) is 18.6. The van der Waals surface area contributed by atoms with Gasteiger partial charge in [0.05, 0.1) is 22.8 Å². The molecule has 11 heteroatoms. The summed E-state index contributed by atoms with van der Waals surface area (Å²) in [6.45, 7) is 0.538. The molecular weight excluding hydrogens is 457 g/mol. The molecule has 35 heavy (non-hydrogen) atoms. The summed E-state index contributed by atoms with van der Waals surface area (Å²) in [4.78, 5) is 27.3. The Kier molecular flexibility index (Phi) is 7.07. The lowest BCUT2D eigenvalue weighted by molar-refractivity contribution is -0.384. The molecule has 0 fully saturated rings. The molecule has 1 aromatic heterocycles. The highest BCUT2D eigenvalue weighted by Gasteiger charge is 2.18. The SMILES string of the molecule is COCCOc1nc(-c2ccccc2F)n(-c2cccc(NC(=O)c3ccc([N+](=O)[O-])cc3)c2)n1. The van der Waals surface area contributed by atoms with Crippen LogP contribution in [0, 0.1) is 15.9 Å². The van der Waals surface area contributed by atoms with E-state index in [9.17, 15) is 19.3 Å².